The van der Waals surface area contributed by atoms with Gasteiger partial charge in [0, 0.05) is 11.6 Å². The lowest BCUT2D eigenvalue weighted by atomic mass is 10.1. The molecule has 5 nitrogen and oxygen atoms in total. The molecule has 0 radical (unpaired) electrons. The van der Waals surface area contributed by atoms with Crippen LogP contribution >= 0.6 is 0 Å². The maximum atomic E-state index is 11.7. The van der Waals surface area contributed by atoms with Crippen LogP contribution in [0.2, 0.25) is 0 Å². The van der Waals surface area contributed by atoms with Gasteiger partial charge in [0.1, 0.15) is 0 Å². The number of benzene rings is 1. The molecule has 1 heterocycles. The van der Waals surface area contributed by atoms with Gasteiger partial charge in [-0.15, -0.1) is 0 Å². The number of rotatable bonds is 3. The van der Waals surface area contributed by atoms with E-state index in [2.05, 4.69) is 0 Å². The first-order valence-electron chi connectivity index (χ1n) is 6.00. The van der Waals surface area contributed by atoms with Gasteiger partial charge in [0.2, 0.25) is 0 Å². The third kappa shape index (κ3) is 2.59. The maximum absolute atomic E-state index is 11.7. The van der Waals surface area contributed by atoms with Gasteiger partial charge >= 0.3 is 12.1 Å². The van der Waals surface area contributed by atoms with Crippen molar-refractivity contribution in [3.8, 4) is 0 Å². The van der Waals surface area contributed by atoms with Crippen molar-refractivity contribution in [2.24, 2.45) is 0 Å². The summed E-state index contributed by atoms with van der Waals surface area (Å²) < 4.78 is 11.0. The minimum Gasteiger partial charge on any atom is -0.466 e. The molecule has 0 N–H and O–H groups in total. The minimum absolute atomic E-state index is 0.137. The highest BCUT2D eigenvalue weighted by Crippen LogP contribution is 2.22. The molecule has 1 aromatic heterocycles. The molecule has 0 spiro atoms. The Bertz CT molecular complexity index is 615. The molecule has 0 bridgehead atoms. The molecule has 1 aromatic carbocycles. The highest BCUT2D eigenvalue weighted by atomic mass is 16.5. The molecule has 0 aliphatic rings. The molecule has 0 amide bonds. The second kappa shape index (κ2) is 5.56. The molecule has 19 heavy (non-hydrogen) atoms. The predicted octanol–water partition coefficient (Wildman–Crippen LogP) is 2.36. The Hall–Kier alpha value is -2.30. The SMILES string of the molecule is CCOC(=O)Cc1cn(C(=O)OC)c2ccccc12. The molecule has 0 atom stereocenters. The number of carbonyl (C=O) groups excluding carboxylic acids is 2. The van der Waals surface area contributed by atoms with Crippen molar-refractivity contribution in [3.63, 3.8) is 0 Å². The fraction of sp³-hybridized carbons (Fsp3) is 0.286. The summed E-state index contributed by atoms with van der Waals surface area (Å²) in [5.41, 5.74) is 1.47. The third-order valence-corrected chi connectivity index (χ3v) is 2.81. The summed E-state index contributed by atoms with van der Waals surface area (Å²) in [4.78, 5) is 23.2. The number of esters is 1. The lowest BCUT2D eigenvalue weighted by Crippen LogP contribution is -2.10. The largest absolute Gasteiger partial charge is 0.466 e. The fourth-order valence-electron chi connectivity index (χ4n) is 2.01. The van der Waals surface area contributed by atoms with E-state index < -0.39 is 6.09 Å². The van der Waals surface area contributed by atoms with Crippen LogP contribution in [0.4, 0.5) is 4.79 Å². The van der Waals surface area contributed by atoms with E-state index in [9.17, 15) is 9.59 Å². The summed E-state index contributed by atoms with van der Waals surface area (Å²) in [5, 5.41) is 0.848. The van der Waals surface area contributed by atoms with Crippen molar-refractivity contribution in [2.75, 3.05) is 13.7 Å². The van der Waals surface area contributed by atoms with Gasteiger partial charge in [0.15, 0.2) is 0 Å². The molecule has 2 rings (SSSR count). The fourth-order valence-corrected chi connectivity index (χ4v) is 2.01. The number of hydrogen-bond acceptors (Lipinski definition) is 4. The van der Waals surface area contributed by atoms with E-state index in [4.69, 9.17) is 9.47 Å². The highest BCUT2D eigenvalue weighted by molar-refractivity contribution is 5.93. The van der Waals surface area contributed by atoms with Crippen molar-refractivity contribution in [2.45, 2.75) is 13.3 Å². The van der Waals surface area contributed by atoms with Crippen LogP contribution < -0.4 is 0 Å². The predicted molar refractivity (Wildman–Crippen MR) is 70.1 cm³/mol. The molecule has 2 aromatic rings. The molecule has 0 aliphatic heterocycles. The van der Waals surface area contributed by atoms with Crippen LogP contribution in [-0.2, 0) is 20.7 Å². The summed E-state index contributed by atoms with van der Waals surface area (Å²) in [6.45, 7) is 2.10. The quantitative estimate of drug-likeness (QED) is 0.796. The molecule has 0 saturated heterocycles. The van der Waals surface area contributed by atoms with E-state index in [1.54, 1.807) is 19.2 Å². The summed E-state index contributed by atoms with van der Waals surface area (Å²) in [6.07, 6.45) is 1.28. The lowest BCUT2D eigenvalue weighted by molar-refractivity contribution is -0.142. The van der Waals surface area contributed by atoms with Gasteiger partial charge in [0.25, 0.3) is 0 Å². The Balaban J connectivity index is 2.44. The lowest BCUT2D eigenvalue weighted by Gasteiger charge is -2.00. The number of nitrogens with zero attached hydrogens (tertiary/aromatic N) is 1. The van der Waals surface area contributed by atoms with Gasteiger partial charge in [-0.2, -0.15) is 0 Å². The molecule has 0 aliphatic carbocycles. The highest BCUT2D eigenvalue weighted by Gasteiger charge is 2.15. The minimum atomic E-state index is -0.480. The van der Waals surface area contributed by atoms with E-state index in [0.717, 1.165) is 10.9 Å². The Morgan fingerprint density at radius 1 is 1.26 bits per heavy atom. The molecule has 100 valence electrons. The Labute approximate surface area is 110 Å². The molecule has 5 heteroatoms. The first-order chi connectivity index (χ1) is 9.17. The first-order valence-corrected chi connectivity index (χ1v) is 6.00. The maximum Gasteiger partial charge on any atom is 0.418 e. The van der Waals surface area contributed by atoms with Crippen molar-refractivity contribution in [1.82, 2.24) is 4.57 Å². The number of hydrogen-bond donors (Lipinski definition) is 0. The number of methoxy groups -OCH3 is 1. The zero-order chi connectivity index (χ0) is 13.8. The first kappa shape index (κ1) is 13.1. The Kier molecular flexibility index (Phi) is 3.85. The molecule has 0 fully saturated rings. The number of ether oxygens (including phenoxy) is 2. The Morgan fingerprint density at radius 3 is 2.68 bits per heavy atom. The van der Waals surface area contributed by atoms with Crippen LogP contribution in [0.15, 0.2) is 30.5 Å². The van der Waals surface area contributed by atoms with E-state index >= 15 is 0 Å². The number of aromatic nitrogens is 1. The normalized spacial score (nSPS) is 10.4. The standard InChI is InChI=1S/C14H15NO4/c1-3-19-13(16)8-10-9-15(14(17)18-2)12-7-5-4-6-11(10)12/h4-7,9H,3,8H2,1-2H3. The van der Waals surface area contributed by atoms with Gasteiger partial charge < -0.3 is 9.47 Å². The molecular weight excluding hydrogens is 246 g/mol. The van der Waals surface area contributed by atoms with E-state index in [1.165, 1.54) is 11.7 Å². The number of fused-ring (bicyclic) bond motifs is 1. The average molecular weight is 261 g/mol. The van der Waals surface area contributed by atoms with Crippen LogP contribution in [0.3, 0.4) is 0 Å². The van der Waals surface area contributed by atoms with Gasteiger partial charge in [-0.1, -0.05) is 18.2 Å². The van der Waals surface area contributed by atoms with Crippen molar-refractivity contribution < 1.29 is 19.1 Å². The van der Waals surface area contributed by atoms with Crippen LogP contribution in [-0.4, -0.2) is 30.3 Å². The van der Waals surface area contributed by atoms with Gasteiger partial charge in [0.05, 0.1) is 25.7 Å². The van der Waals surface area contributed by atoms with Crippen LogP contribution in [0.5, 0.6) is 0 Å². The zero-order valence-corrected chi connectivity index (χ0v) is 10.9. The number of para-hydroxylation sites is 1. The van der Waals surface area contributed by atoms with Crippen LogP contribution in [0.1, 0.15) is 12.5 Å². The molecule has 0 saturated carbocycles. The second-order valence-corrected chi connectivity index (χ2v) is 3.99. The Morgan fingerprint density at radius 2 is 2.00 bits per heavy atom. The topological polar surface area (TPSA) is 57.5 Å². The van der Waals surface area contributed by atoms with Crippen LogP contribution in [0, 0.1) is 0 Å². The van der Waals surface area contributed by atoms with Crippen molar-refractivity contribution >= 4 is 23.0 Å². The summed E-state index contributed by atoms with van der Waals surface area (Å²) >= 11 is 0. The van der Waals surface area contributed by atoms with Crippen molar-refractivity contribution in [3.05, 3.63) is 36.0 Å². The van der Waals surface area contributed by atoms with Crippen LogP contribution in [0.25, 0.3) is 10.9 Å². The van der Waals surface area contributed by atoms with Gasteiger partial charge in [-0.3, -0.25) is 9.36 Å². The van der Waals surface area contributed by atoms with E-state index in [0.29, 0.717) is 12.1 Å². The third-order valence-electron chi connectivity index (χ3n) is 2.81. The van der Waals surface area contributed by atoms with Crippen molar-refractivity contribution in [1.29, 1.82) is 0 Å². The average Bonchev–Trinajstić information content (AvgIpc) is 2.77. The van der Waals surface area contributed by atoms with E-state index in [-0.39, 0.29) is 12.4 Å². The summed E-state index contributed by atoms with van der Waals surface area (Å²) in [5.74, 6) is -0.310. The summed E-state index contributed by atoms with van der Waals surface area (Å²) in [6, 6.07) is 7.36. The number of carbonyl (C=O) groups is 2. The zero-order valence-electron chi connectivity index (χ0n) is 10.9. The van der Waals surface area contributed by atoms with Gasteiger partial charge in [-0.05, 0) is 18.6 Å². The summed E-state index contributed by atoms with van der Waals surface area (Å²) in [7, 11) is 1.32. The monoisotopic (exact) mass is 261 g/mol. The molecular formula is C14H15NO4. The second-order valence-electron chi connectivity index (χ2n) is 3.99. The van der Waals surface area contributed by atoms with E-state index in [1.807, 2.05) is 18.2 Å². The molecule has 0 unspecified atom stereocenters. The smallest absolute Gasteiger partial charge is 0.418 e. The van der Waals surface area contributed by atoms with Gasteiger partial charge in [-0.25, -0.2) is 4.79 Å².